The number of carbonyl (C=O) groups is 2. The molecule has 0 radical (unpaired) electrons. The molecule has 1 aliphatic heterocycles. The van der Waals surface area contributed by atoms with Crippen molar-refractivity contribution in [3.05, 3.63) is 0 Å². The van der Waals surface area contributed by atoms with Gasteiger partial charge in [-0.15, -0.1) is 0 Å². The Morgan fingerprint density at radius 1 is 1.33 bits per heavy atom. The normalized spacial score (nSPS) is 19.1. The molecule has 1 aliphatic rings. The Kier molecular flexibility index (Phi) is 10.9. The summed E-state index contributed by atoms with van der Waals surface area (Å²) in [6.07, 6.45) is 6.67. The number of aliphatic carboxylic acids is 1. The van der Waals surface area contributed by atoms with Crippen molar-refractivity contribution in [1.29, 1.82) is 0 Å². The van der Waals surface area contributed by atoms with Crippen LogP contribution in [0.2, 0.25) is 0 Å². The number of aliphatic hydroxyl groups excluding tert-OH is 1. The monoisotopic (exact) mass is 302 g/mol. The molecule has 0 bridgehead atoms. The van der Waals surface area contributed by atoms with Gasteiger partial charge in [-0.05, 0) is 13.3 Å². The number of nitrogens with zero attached hydrogens (tertiary/aromatic N) is 1. The summed E-state index contributed by atoms with van der Waals surface area (Å²) in [5.74, 6) is -1.32. The third kappa shape index (κ3) is 10.3. The second-order valence-corrected chi connectivity index (χ2v) is 5.59. The number of aliphatic hydroxyl groups is 1. The molecule has 1 rings (SSSR count). The van der Waals surface area contributed by atoms with Crippen LogP contribution in [-0.2, 0) is 9.59 Å². The van der Waals surface area contributed by atoms with Crippen molar-refractivity contribution < 1.29 is 19.8 Å². The molecule has 1 amide bonds. The van der Waals surface area contributed by atoms with Gasteiger partial charge in [0.2, 0.25) is 5.91 Å². The number of hydrogen-bond acceptors (Lipinski definition) is 4. The van der Waals surface area contributed by atoms with Crippen molar-refractivity contribution in [1.82, 2.24) is 4.90 Å². The predicted octanol–water partition coefficient (Wildman–Crippen LogP) is 1.56. The molecule has 124 valence electrons. The zero-order chi connectivity index (χ0) is 16.3. The van der Waals surface area contributed by atoms with Crippen molar-refractivity contribution in [2.24, 2.45) is 11.7 Å². The molecular weight excluding hydrogens is 272 g/mol. The van der Waals surface area contributed by atoms with Crippen LogP contribution in [0.5, 0.6) is 0 Å². The first-order valence-electron chi connectivity index (χ1n) is 7.82. The van der Waals surface area contributed by atoms with Crippen LogP contribution in [0.15, 0.2) is 0 Å². The number of likely N-dealkylation sites (tertiary alicyclic amines) is 1. The Bertz CT molecular complexity index is 305. The maximum absolute atomic E-state index is 11.5. The largest absolute Gasteiger partial charge is 0.481 e. The summed E-state index contributed by atoms with van der Waals surface area (Å²) in [6.45, 7) is 4.83. The molecule has 0 spiro atoms. The number of nitrogens with two attached hydrogens (primary N) is 1. The highest BCUT2D eigenvalue weighted by Crippen LogP contribution is 2.18. The Hall–Kier alpha value is -1.14. The highest BCUT2D eigenvalue weighted by Gasteiger charge is 2.33. The van der Waals surface area contributed by atoms with Gasteiger partial charge in [-0.1, -0.05) is 39.0 Å². The van der Waals surface area contributed by atoms with Crippen molar-refractivity contribution in [3.63, 3.8) is 0 Å². The molecule has 2 atom stereocenters. The topological polar surface area (TPSA) is 104 Å². The van der Waals surface area contributed by atoms with Gasteiger partial charge < -0.3 is 20.8 Å². The molecule has 4 N–H and O–H groups in total. The molecule has 1 saturated heterocycles. The highest BCUT2D eigenvalue weighted by molar-refractivity contribution is 5.86. The van der Waals surface area contributed by atoms with Crippen LogP contribution in [-0.4, -0.2) is 46.3 Å². The van der Waals surface area contributed by atoms with Gasteiger partial charge in [-0.25, -0.2) is 0 Å². The van der Waals surface area contributed by atoms with Crippen LogP contribution in [0.25, 0.3) is 0 Å². The third-order valence-corrected chi connectivity index (χ3v) is 3.35. The Morgan fingerprint density at radius 3 is 2.33 bits per heavy atom. The van der Waals surface area contributed by atoms with E-state index in [-0.39, 0.29) is 12.3 Å². The minimum Gasteiger partial charge on any atom is -0.481 e. The maximum Gasteiger partial charge on any atom is 0.308 e. The molecule has 0 saturated carbocycles. The molecule has 2 unspecified atom stereocenters. The number of carboxylic acid groups (broad SMARTS) is 1. The summed E-state index contributed by atoms with van der Waals surface area (Å²) < 4.78 is 0. The van der Waals surface area contributed by atoms with Crippen molar-refractivity contribution in [2.75, 3.05) is 13.1 Å². The summed E-state index contributed by atoms with van der Waals surface area (Å²) in [6, 6.07) is 0. The lowest BCUT2D eigenvalue weighted by Crippen LogP contribution is -2.27. The lowest BCUT2D eigenvalue weighted by molar-refractivity contribution is -0.141. The summed E-state index contributed by atoms with van der Waals surface area (Å²) in [7, 11) is 0. The Morgan fingerprint density at radius 2 is 1.86 bits per heavy atom. The van der Waals surface area contributed by atoms with Crippen LogP contribution in [0.1, 0.15) is 58.8 Å². The number of carbonyl (C=O) groups excluding carboxylic acids is 1. The van der Waals surface area contributed by atoms with Gasteiger partial charge in [-0.2, -0.15) is 0 Å². The van der Waals surface area contributed by atoms with E-state index in [0.717, 1.165) is 19.4 Å². The zero-order valence-corrected chi connectivity index (χ0v) is 13.3. The molecule has 6 heteroatoms. The number of rotatable bonds is 8. The first-order valence-corrected chi connectivity index (χ1v) is 7.82. The van der Waals surface area contributed by atoms with E-state index in [1.165, 1.54) is 32.6 Å². The van der Waals surface area contributed by atoms with Crippen molar-refractivity contribution >= 4 is 11.9 Å². The molecule has 0 aromatic carbocycles. The van der Waals surface area contributed by atoms with E-state index >= 15 is 0 Å². The number of amides is 1. The molecule has 21 heavy (non-hydrogen) atoms. The zero-order valence-electron chi connectivity index (χ0n) is 13.3. The van der Waals surface area contributed by atoms with Crippen molar-refractivity contribution in [2.45, 2.75) is 65.0 Å². The Labute approximate surface area is 127 Å². The second kappa shape index (κ2) is 11.5. The van der Waals surface area contributed by atoms with E-state index in [2.05, 4.69) is 12.7 Å². The fourth-order valence-electron chi connectivity index (χ4n) is 2.24. The second-order valence-electron chi connectivity index (χ2n) is 5.59. The Balaban J connectivity index is 0.000000885. The fourth-order valence-corrected chi connectivity index (χ4v) is 2.24. The highest BCUT2D eigenvalue weighted by atomic mass is 16.4. The molecule has 0 aliphatic carbocycles. The molecule has 1 fully saturated rings. The fraction of sp³-hybridized carbons (Fsp3) is 0.867. The standard InChI is InChI=1S/C13H23NO3.C2H7NO/c1-2-3-4-5-6-7-8-14-10-11(13(16)17)9-12(14)15;1-2(3)4/h11H,2-10H2,1H3,(H,16,17);2,4H,3H2,1H3. The van der Waals surface area contributed by atoms with Crippen LogP contribution in [0.3, 0.4) is 0 Å². The van der Waals surface area contributed by atoms with Gasteiger partial charge in [-0.3, -0.25) is 9.59 Å². The van der Waals surface area contributed by atoms with Crippen LogP contribution < -0.4 is 5.73 Å². The summed E-state index contributed by atoms with van der Waals surface area (Å²) in [4.78, 5) is 24.0. The molecular formula is C15H30N2O4. The van der Waals surface area contributed by atoms with E-state index in [1.54, 1.807) is 4.90 Å². The lowest BCUT2D eigenvalue weighted by atomic mass is 10.1. The van der Waals surface area contributed by atoms with Crippen LogP contribution >= 0.6 is 0 Å². The van der Waals surface area contributed by atoms with Gasteiger partial charge in [0, 0.05) is 19.5 Å². The first-order chi connectivity index (χ1) is 9.88. The van der Waals surface area contributed by atoms with Crippen molar-refractivity contribution in [3.8, 4) is 0 Å². The SMILES string of the molecule is CC(N)O.CCCCCCCCN1CC(C(=O)O)CC1=O. The maximum atomic E-state index is 11.5. The third-order valence-electron chi connectivity index (χ3n) is 3.35. The lowest BCUT2D eigenvalue weighted by Gasteiger charge is -2.15. The number of unbranched alkanes of at least 4 members (excludes halogenated alkanes) is 5. The van der Waals surface area contributed by atoms with E-state index in [9.17, 15) is 9.59 Å². The molecule has 1 heterocycles. The summed E-state index contributed by atoms with van der Waals surface area (Å²) >= 11 is 0. The average molecular weight is 302 g/mol. The van der Waals surface area contributed by atoms with E-state index in [0.29, 0.717) is 6.54 Å². The van der Waals surface area contributed by atoms with E-state index in [1.807, 2.05) is 0 Å². The molecule has 0 aromatic rings. The molecule has 0 aromatic heterocycles. The minimum atomic E-state index is -0.844. The van der Waals surface area contributed by atoms with Gasteiger partial charge in [0.05, 0.1) is 12.1 Å². The average Bonchev–Trinajstić information content (AvgIpc) is 2.75. The smallest absolute Gasteiger partial charge is 0.308 e. The van der Waals surface area contributed by atoms with E-state index < -0.39 is 18.1 Å². The van der Waals surface area contributed by atoms with Gasteiger partial charge in [0.15, 0.2) is 0 Å². The van der Waals surface area contributed by atoms with Crippen LogP contribution in [0.4, 0.5) is 0 Å². The van der Waals surface area contributed by atoms with Gasteiger partial charge in [0.25, 0.3) is 0 Å². The number of hydrogen-bond donors (Lipinski definition) is 3. The minimum absolute atomic E-state index is 0.00552. The van der Waals surface area contributed by atoms with E-state index in [4.69, 9.17) is 10.2 Å². The first kappa shape index (κ1) is 19.9. The molecule has 6 nitrogen and oxygen atoms in total. The summed E-state index contributed by atoms with van der Waals surface area (Å²) in [5, 5.41) is 16.7. The predicted molar refractivity (Wildman–Crippen MR) is 81.6 cm³/mol. The quantitative estimate of drug-likeness (QED) is 0.466. The van der Waals surface area contributed by atoms with Crippen LogP contribution in [0, 0.1) is 5.92 Å². The van der Waals surface area contributed by atoms with Gasteiger partial charge >= 0.3 is 5.97 Å². The summed E-state index contributed by atoms with van der Waals surface area (Å²) in [5.41, 5.74) is 4.67. The number of carboxylic acids is 1. The van der Waals surface area contributed by atoms with Gasteiger partial charge in [0.1, 0.15) is 0 Å².